The highest BCUT2D eigenvalue weighted by Crippen LogP contribution is 2.35. The standard InChI is InChI=1S/C14H25N3O2/c1-9-7-10(15)3-4-11(9)12(18)17-6-5-14(2,8-17)13(16)19/h9-11H,3-8,15H2,1-2H3,(H2,16,19). The van der Waals surface area contributed by atoms with E-state index in [1.54, 1.807) is 0 Å². The molecule has 5 heteroatoms. The molecule has 5 nitrogen and oxygen atoms in total. The van der Waals surface area contributed by atoms with Crippen molar-refractivity contribution >= 4 is 11.8 Å². The lowest BCUT2D eigenvalue weighted by Gasteiger charge is -2.34. The van der Waals surface area contributed by atoms with Crippen LogP contribution in [-0.4, -0.2) is 35.8 Å². The van der Waals surface area contributed by atoms with Gasteiger partial charge in [0, 0.05) is 25.0 Å². The molecule has 0 aromatic carbocycles. The van der Waals surface area contributed by atoms with E-state index in [9.17, 15) is 9.59 Å². The fourth-order valence-electron chi connectivity index (χ4n) is 3.39. The molecule has 4 atom stereocenters. The van der Waals surface area contributed by atoms with Gasteiger partial charge in [0.25, 0.3) is 0 Å². The van der Waals surface area contributed by atoms with Gasteiger partial charge in [0.2, 0.25) is 11.8 Å². The van der Waals surface area contributed by atoms with Crippen LogP contribution in [0.5, 0.6) is 0 Å². The van der Waals surface area contributed by atoms with E-state index in [1.165, 1.54) is 0 Å². The molecule has 1 saturated carbocycles. The van der Waals surface area contributed by atoms with Gasteiger partial charge in [-0.1, -0.05) is 6.92 Å². The van der Waals surface area contributed by atoms with Gasteiger partial charge >= 0.3 is 0 Å². The second-order valence-corrected chi connectivity index (χ2v) is 6.59. The van der Waals surface area contributed by atoms with E-state index >= 15 is 0 Å². The summed E-state index contributed by atoms with van der Waals surface area (Å²) in [4.78, 5) is 25.8. The fraction of sp³-hybridized carbons (Fsp3) is 0.857. The molecule has 0 bridgehead atoms. The van der Waals surface area contributed by atoms with Crippen molar-refractivity contribution in [2.45, 2.75) is 45.6 Å². The average molecular weight is 267 g/mol. The molecular formula is C14H25N3O2. The molecule has 0 aromatic rings. The highest BCUT2D eigenvalue weighted by atomic mass is 16.2. The van der Waals surface area contributed by atoms with Gasteiger partial charge in [0.15, 0.2) is 0 Å². The normalized spacial score (nSPS) is 39.3. The van der Waals surface area contributed by atoms with E-state index in [2.05, 4.69) is 6.92 Å². The first-order valence-corrected chi connectivity index (χ1v) is 7.18. The molecule has 1 aliphatic heterocycles. The number of hydrogen-bond acceptors (Lipinski definition) is 3. The van der Waals surface area contributed by atoms with Crippen molar-refractivity contribution in [1.82, 2.24) is 4.90 Å². The minimum Gasteiger partial charge on any atom is -0.369 e. The fourth-order valence-corrected chi connectivity index (χ4v) is 3.39. The smallest absolute Gasteiger partial charge is 0.225 e. The third-order valence-corrected chi connectivity index (χ3v) is 4.91. The number of amides is 2. The summed E-state index contributed by atoms with van der Waals surface area (Å²) in [5.74, 6) is 0.276. The molecule has 4 N–H and O–H groups in total. The van der Waals surface area contributed by atoms with Crippen LogP contribution < -0.4 is 11.5 Å². The zero-order chi connectivity index (χ0) is 14.2. The summed E-state index contributed by atoms with van der Waals surface area (Å²) in [5, 5.41) is 0. The minimum absolute atomic E-state index is 0.0648. The highest BCUT2D eigenvalue weighted by molar-refractivity contribution is 5.84. The van der Waals surface area contributed by atoms with Crippen LogP contribution in [0.4, 0.5) is 0 Å². The van der Waals surface area contributed by atoms with E-state index in [4.69, 9.17) is 11.5 Å². The van der Waals surface area contributed by atoms with Crippen LogP contribution >= 0.6 is 0 Å². The van der Waals surface area contributed by atoms with Crippen LogP contribution in [0.15, 0.2) is 0 Å². The number of nitrogens with zero attached hydrogens (tertiary/aromatic N) is 1. The van der Waals surface area contributed by atoms with Crippen LogP contribution in [0.3, 0.4) is 0 Å². The molecule has 2 fully saturated rings. The zero-order valence-electron chi connectivity index (χ0n) is 11.9. The number of rotatable bonds is 2. The van der Waals surface area contributed by atoms with Crippen molar-refractivity contribution in [2.75, 3.05) is 13.1 Å². The maximum absolute atomic E-state index is 12.6. The molecule has 108 valence electrons. The summed E-state index contributed by atoms with van der Waals surface area (Å²) in [6.07, 6.45) is 3.37. The first-order chi connectivity index (χ1) is 8.83. The number of primary amides is 1. The molecule has 0 spiro atoms. The van der Waals surface area contributed by atoms with Gasteiger partial charge in [-0.15, -0.1) is 0 Å². The Morgan fingerprint density at radius 3 is 2.53 bits per heavy atom. The van der Waals surface area contributed by atoms with Crippen molar-refractivity contribution < 1.29 is 9.59 Å². The van der Waals surface area contributed by atoms with Gasteiger partial charge in [-0.3, -0.25) is 9.59 Å². The summed E-state index contributed by atoms with van der Waals surface area (Å²) >= 11 is 0. The van der Waals surface area contributed by atoms with Gasteiger partial charge in [0.1, 0.15) is 0 Å². The Balaban J connectivity index is 2.00. The summed E-state index contributed by atoms with van der Waals surface area (Å²) in [6, 6.07) is 0.230. The summed E-state index contributed by atoms with van der Waals surface area (Å²) in [6.45, 7) is 5.07. The molecule has 19 heavy (non-hydrogen) atoms. The Hall–Kier alpha value is -1.10. The van der Waals surface area contributed by atoms with E-state index in [1.807, 2.05) is 11.8 Å². The van der Waals surface area contributed by atoms with Gasteiger partial charge in [0.05, 0.1) is 5.41 Å². The number of hydrogen-bond donors (Lipinski definition) is 2. The first kappa shape index (κ1) is 14.3. The van der Waals surface area contributed by atoms with Crippen molar-refractivity contribution in [3.63, 3.8) is 0 Å². The largest absolute Gasteiger partial charge is 0.369 e. The second-order valence-electron chi connectivity index (χ2n) is 6.59. The predicted molar refractivity (Wildman–Crippen MR) is 73.0 cm³/mol. The molecule has 0 aromatic heterocycles. The molecule has 1 saturated heterocycles. The van der Waals surface area contributed by atoms with Crippen molar-refractivity contribution in [3.8, 4) is 0 Å². The van der Waals surface area contributed by atoms with E-state index < -0.39 is 5.41 Å². The molecule has 2 amide bonds. The second kappa shape index (κ2) is 5.12. The number of carbonyl (C=O) groups excluding carboxylic acids is 2. The van der Waals surface area contributed by atoms with Crippen LogP contribution in [0.2, 0.25) is 0 Å². The topological polar surface area (TPSA) is 89.4 Å². The van der Waals surface area contributed by atoms with E-state index in [-0.39, 0.29) is 23.8 Å². The molecule has 2 aliphatic rings. The molecule has 1 heterocycles. The zero-order valence-corrected chi connectivity index (χ0v) is 11.9. The van der Waals surface area contributed by atoms with Gasteiger partial charge in [-0.05, 0) is 38.5 Å². The molecule has 2 rings (SSSR count). The lowest BCUT2D eigenvalue weighted by Crippen LogP contribution is -2.44. The predicted octanol–water partition coefficient (Wildman–Crippen LogP) is 0.474. The quantitative estimate of drug-likeness (QED) is 0.762. The summed E-state index contributed by atoms with van der Waals surface area (Å²) in [7, 11) is 0. The Kier molecular flexibility index (Phi) is 3.85. The molecule has 4 unspecified atom stereocenters. The first-order valence-electron chi connectivity index (χ1n) is 7.18. The van der Waals surface area contributed by atoms with Crippen LogP contribution in [0.25, 0.3) is 0 Å². The van der Waals surface area contributed by atoms with E-state index in [0.717, 1.165) is 19.3 Å². The third-order valence-electron chi connectivity index (χ3n) is 4.91. The molecule has 0 radical (unpaired) electrons. The van der Waals surface area contributed by atoms with Gasteiger partial charge in [-0.2, -0.15) is 0 Å². The highest BCUT2D eigenvalue weighted by Gasteiger charge is 2.43. The Morgan fingerprint density at radius 1 is 1.32 bits per heavy atom. The monoisotopic (exact) mass is 267 g/mol. The number of carbonyl (C=O) groups is 2. The molecular weight excluding hydrogens is 242 g/mol. The average Bonchev–Trinajstić information content (AvgIpc) is 2.73. The Labute approximate surface area is 114 Å². The third kappa shape index (κ3) is 2.76. The van der Waals surface area contributed by atoms with Crippen molar-refractivity contribution in [1.29, 1.82) is 0 Å². The Bertz CT molecular complexity index is 385. The lowest BCUT2D eigenvalue weighted by atomic mass is 9.77. The van der Waals surface area contributed by atoms with E-state index in [0.29, 0.717) is 25.4 Å². The van der Waals surface area contributed by atoms with Crippen LogP contribution in [-0.2, 0) is 9.59 Å². The lowest BCUT2D eigenvalue weighted by molar-refractivity contribution is -0.138. The summed E-state index contributed by atoms with van der Waals surface area (Å²) < 4.78 is 0. The van der Waals surface area contributed by atoms with Gasteiger partial charge < -0.3 is 16.4 Å². The van der Waals surface area contributed by atoms with Crippen LogP contribution in [0.1, 0.15) is 39.5 Å². The minimum atomic E-state index is -0.552. The molecule has 1 aliphatic carbocycles. The maximum Gasteiger partial charge on any atom is 0.225 e. The number of likely N-dealkylation sites (tertiary alicyclic amines) is 1. The van der Waals surface area contributed by atoms with Crippen LogP contribution in [0, 0.1) is 17.3 Å². The number of nitrogens with two attached hydrogens (primary N) is 2. The summed E-state index contributed by atoms with van der Waals surface area (Å²) in [5.41, 5.74) is 10.8. The maximum atomic E-state index is 12.6. The van der Waals surface area contributed by atoms with Crippen molar-refractivity contribution in [3.05, 3.63) is 0 Å². The Morgan fingerprint density at radius 2 is 2.00 bits per heavy atom. The van der Waals surface area contributed by atoms with Crippen molar-refractivity contribution in [2.24, 2.45) is 28.7 Å². The SMILES string of the molecule is CC1CC(N)CCC1C(=O)N1CCC(C)(C(N)=O)C1. The van der Waals surface area contributed by atoms with Gasteiger partial charge in [-0.25, -0.2) is 0 Å².